The number of aliphatic hydroxyl groups is 1. The summed E-state index contributed by atoms with van der Waals surface area (Å²) in [5, 5.41) is 22.6. The Hall–Kier alpha value is -1.06. The molecule has 3 N–H and O–H groups in total. The molecular formula is C16H25NO2. The molecule has 3 unspecified atom stereocenters. The Morgan fingerprint density at radius 1 is 1.37 bits per heavy atom. The van der Waals surface area contributed by atoms with Crippen LogP contribution < -0.4 is 5.32 Å². The molecule has 3 atom stereocenters. The summed E-state index contributed by atoms with van der Waals surface area (Å²) in [6, 6.07) is 4.40. The zero-order valence-corrected chi connectivity index (χ0v) is 12.1. The quantitative estimate of drug-likeness (QED) is 0.765. The lowest BCUT2D eigenvalue weighted by Crippen LogP contribution is -2.29. The Bertz CT molecular complexity index is 445. The molecule has 1 aromatic rings. The third-order valence-corrected chi connectivity index (χ3v) is 4.19. The zero-order chi connectivity index (χ0) is 14.0. The lowest BCUT2D eigenvalue weighted by Gasteiger charge is -2.21. The molecule has 0 heterocycles. The molecule has 1 aromatic carbocycles. The van der Waals surface area contributed by atoms with E-state index in [2.05, 4.69) is 26.1 Å². The molecular weight excluding hydrogens is 238 g/mol. The Morgan fingerprint density at radius 3 is 2.79 bits per heavy atom. The average molecular weight is 263 g/mol. The second kappa shape index (κ2) is 5.93. The third kappa shape index (κ3) is 2.93. The van der Waals surface area contributed by atoms with Gasteiger partial charge >= 0.3 is 0 Å². The van der Waals surface area contributed by atoms with Gasteiger partial charge in [-0.05, 0) is 56.2 Å². The number of rotatable bonds is 5. The van der Waals surface area contributed by atoms with Gasteiger partial charge in [-0.2, -0.15) is 0 Å². The minimum absolute atomic E-state index is 0.235. The van der Waals surface area contributed by atoms with Crippen molar-refractivity contribution >= 4 is 0 Å². The molecule has 1 aliphatic rings. The lowest BCUT2D eigenvalue weighted by atomic mass is 9.97. The van der Waals surface area contributed by atoms with Gasteiger partial charge in [0, 0.05) is 24.3 Å². The smallest absolute Gasteiger partial charge is 0.120 e. The molecule has 0 amide bonds. The van der Waals surface area contributed by atoms with Crippen molar-refractivity contribution in [1.82, 2.24) is 5.32 Å². The van der Waals surface area contributed by atoms with E-state index in [-0.39, 0.29) is 12.6 Å². The van der Waals surface area contributed by atoms with E-state index in [1.165, 1.54) is 11.1 Å². The van der Waals surface area contributed by atoms with E-state index < -0.39 is 0 Å². The van der Waals surface area contributed by atoms with Gasteiger partial charge in [0.1, 0.15) is 5.75 Å². The molecule has 0 aromatic heterocycles. The number of hydrogen-bond donors (Lipinski definition) is 3. The third-order valence-electron chi connectivity index (χ3n) is 4.19. The van der Waals surface area contributed by atoms with Crippen LogP contribution in [0.15, 0.2) is 12.1 Å². The second-order valence-electron chi connectivity index (χ2n) is 5.85. The fourth-order valence-corrected chi connectivity index (χ4v) is 3.32. The Labute approximate surface area is 115 Å². The molecule has 0 spiro atoms. The first kappa shape index (κ1) is 14.4. The van der Waals surface area contributed by atoms with E-state index in [1.807, 2.05) is 6.07 Å². The number of phenols is 1. The minimum atomic E-state index is 0.235. The van der Waals surface area contributed by atoms with Crippen molar-refractivity contribution in [2.45, 2.75) is 58.0 Å². The molecule has 0 saturated carbocycles. The Balaban J connectivity index is 2.17. The van der Waals surface area contributed by atoms with Gasteiger partial charge in [-0.3, -0.25) is 0 Å². The number of benzene rings is 1. The molecule has 1 aliphatic carbocycles. The fraction of sp³-hybridized carbons (Fsp3) is 0.625. The van der Waals surface area contributed by atoms with Gasteiger partial charge in [-0.1, -0.05) is 13.0 Å². The predicted molar refractivity (Wildman–Crippen MR) is 77.5 cm³/mol. The number of phenolic OH excluding ortho intramolecular Hbond substituents is 1. The van der Waals surface area contributed by atoms with Gasteiger partial charge in [0.25, 0.3) is 0 Å². The van der Waals surface area contributed by atoms with Gasteiger partial charge in [-0.25, -0.2) is 0 Å². The highest BCUT2D eigenvalue weighted by molar-refractivity contribution is 5.50. The molecule has 0 saturated heterocycles. The Morgan fingerprint density at radius 2 is 2.11 bits per heavy atom. The van der Waals surface area contributed by atoms with E-state index in [1.54, 1.807) is 6.07 Å². The number of nitrogens with one attached hydrogen (secondary N) is 1. The lowest BCUT2D eigenvalue weighted by molar-refractivity contribution is 0.273. The number of hydrogen-bond acceptors (Lipinski definition) is 3. The summed E-state index contributed by atoms with van der Waals surface area (Å²) in [5.41, 5.74) is 3.67. The largest absolute Gasteiger partial charge is 0.508 e. The summed E-state index contributed by atoms with van der Waals surface area (Å²) in [5.74, 6) is 0.904. The maximum atomic E-state index is 10.2. The van der Waals surface area contributed by atoms with Crippen molar-refractivity contribution < 1.29 is 10.2 Å². The summed E-state index contributed by atoms with van der Waals surface area (Å²) in [6.45, 7) is 6.73. The first-order chi connectivity index (χ1) is 9.04. The van der Waals surface area contributed by atoms with E-state index in [4.69, 9.17) is 5.11 Å². The summed E-state index contributed by atoms with van der Waals surface area (Å²) < 4.78 is 0. The van der Waals surface area contributed by atoms with Crippen molar-refractivity contribution in [2.24, 2.45) is 0 Å². The predicted octanol–water partition coefficient (Wildman–Crippen LogP) is 3.00. The van der Waals surface area contributed by atoms with Crippen LogP contribution in [0, 0.1) is 6.92 Å². The molecule has 19 heavy (non-hydrogen) atoms. The first-order valence-corrected chi connectivity index (χ1v) is 7.23. The standard InChI is InChI=1S/C16H25NO2/c1-10-6-7-14(19)16-13(9-11(2)15(10)16)17-12(3)5-4-8-18/h6-7,11-13,17-19H,4-5,8-9H2,1-3H3. The molecule has 3 heteroatoms. The minimum Gasteiger partial charge on any atom is -0.508 e. The molecule has 0 fully saturated rings. The second-order valence-corrected chi connectivity index (χ2v) is 5.85. The van der Waals surface area contributed by atoms with Crippen molar-refractivity contribution in [1.29, 1.82) is 0 Å². The van der Waals surface area contributed by atoms with Crippen LogP contribution in [-0.4, -0.2) is 22.9 Å². The van der Waals surface area contributed by atoms with Crippen molar-refractivity contribution in [3.63, 3.8) is 0 Å². The van der Waals surface area contributed by atoms with Crippen molar-refractivity contribution in [2.75, 3.05) is 6.61 Å². The SMILES string of the molecule is Cc1ccc(O)c2c1C(C)CC2NC(C)CCCO. The van der Waals surface area contributed by atoms with E-state index in [0.717, 1.165) is 24.8 Å². The molecule has 0 radical (unpaired) electrons. The summed E-state index contributed by atoms with van der Waals surface area (Å²) in [6.07, 6.45) is 2.82. The maximum Gasteiger partial charge on any atom is 0.120 e. The summed E-state index contributed by atoms with van der Waals surface area (Å²) in [7, 11) is 0. The van der Waals surface area contributed by atoms with Crippen LogP contribution in [0.25, 0.3) is 0 Å². The normalized spacial score (nSPS) is 23.4. The number of fused-ring (bicyclic) bond motifs is 1. The topological polar surface area (TPSA) is 52.5 Å². The van der Waals surface area contributed by atoms with Crippen LogP contribution in [0.2, 0.25) is 0 Å². The highest BCUT2D eigenvalue weighted by Crippen LogP contribution is 2.46. The molecule has 0 bridgehead atoms. The molecule has 106 valence electrons. The number of aryl methyl sites for hydroxylation is 1. The van der Waals surface area contributed by atoms with Gasteiger partial charge in [-0.15, -0.1) is 0 Å². The fourth-order valence-electron chi connectivity index (χ4n) is 3.32. The van der Waals surface area contributed by atoms with Gasteiger partial charge < -0.3 is 15.5 Å². The van der Waals surface area contributed by atoms with Crippen LogP contribution in [-0.2, 0) is 0 Å². The first-order valence-electron chi connectivity index (χ1n) is 7.23. The number of aromatic hydroxyl groups is 1. The van der Waals surface area contributed by atoms with Crippen LogP contribution in [0.3, 0.4) is 0 Å². The van der Waals surface area contributed by atoms with Gasteiger partial charge in [0.15, 0.2) is 0 Å². The zero-order valence-electron chi connectivity index (χ0n) is 12.1. The van der Waals surface area contributed by atoms with E-state index in [0.29, 0.717) is 17.7 Å². The highest BCUT2D eigenvalue weighted by Gasteiger charge is 2.32. The molecule has 3 nitrogen and oxygen atoms in total. The van der Waals surface area contributed by atoms with E-state index in [9.17, 15) is 5.11 Å². The molecule has 0 aliphatic heterocycles. The molecule has 2 rings (SSSR count). The highest BCUT2D eigenvalue weighted by atomic mass is 16.3. The average Bonchev–Trinajstić information content (AvgIpc) is 2.69. The van der Waals surface area contributed by atoms with Crippen molar-refractivity contribution in [3.8, 4) is 5.75 Å². The van der Waals surface area contributed by atoms with Crippen LogP contribution in [0.5, 0.6) is 5.75 Å². The maximum absolute atomic E-state index is 10.2. The van der Waals surface area contributed by atoms with Gasteiger partial charge in [0.05, 0.1) is 0 Å². The van der Waals surface area contributed by atoms with Crippen LogP contribution in [0.1, 0.15) is 61.8 Å². The van der Waals surface area contributed by atoms with Crippen LogP contribution >= 0.6 is 0 Å². The summed E-state index contributed by atoms with van der Waals surface area (Å²) >= 11 is 0. The van der Waals surface area contributed by atoms with Crippen LogP contribution in [0.4, 0.5) is 0 Å². The van der Waals surface area contributed by atoms with Gasteiger partial charge in [0.2, 0.25) is 0 Å². The monoisotopic (exact) mass is 263 g/mol. The van der Waals surface area contributed by atoms with E-state index >= 15 is 0 Å². The number of aliphatic hydroxyl groups excluding tert-OH is 1. The Kier molecular flexibility index (Phi) is 4.48. The van der Waals surface area contributed by atoms with Crippen molar-refractivity contribution in [3.05, 3.63) is 28.8 Å². The summed E-state index contributed by atoms with van der Waals surface area (Å²) in [4.78, 5) is 0.